The fourth-order valence-corrected chi connectivity index (χ4v) is 1.63. The summed E-state index contributed by atoms with van der Waals surface area (Å²) in [5.74, 6) is 1.09. The first-order valence-electron chi connectivity index (χ1n) is 6.47. The lowest BCUT2D eigenvalue weighted by molar-refractivity contribution is 0.291. The number of rotatable bonds is 8. The molecule has 1 aromatic heterocycles. The van der Waals surface area contributed by atoms with Gasteiger partial charge in [-0.05, 0) is 23.9 Å². The molecular weight excluding hydrogens is 252 g/mol. The van der Waals surface area contributed by atoms with Gasteiger partial charge in [-0.15, -0.1) is 0 Å². The summed E-state index contributed by atoms with van der Waals surface area (Å²) in [6.45, 7) is 7.78. The molecule has 0 spiro atoms. The van der Waals surface area contributed by atoms with E-state index in [1.54, 1.807) is 0 Å². The lowest BCUT2D eigenvalue weighted by atomic mass is 10.0. The Balaban J connectivity index is 2.61. The molecule has 0 aromatic carbocycles. The lowest BCUT2D eigenvalue weighted by Gasteiger charge is -2.13. The standard InChI is InChI=1S/C12H21ClN4O/c1-4-7-18-12-16-10(13)15-11(17-12)14-8-9(5-2)6-3/h9H,4-8H2,1-3H3,(H,14,15,16,17). The van der Waals surface area contributed by atoms with Gasteiger partial charge >= 0.3 is 6.01 Å². The largest absolute Gasteiger partial charge is 0.463 e. The van der Waals surface area contributed by atoms with Crippen LogP contribution in [0.2, 0.25) is 5.28 Å². The highest BCUT2D eigenvalue weighted by molar-refractivity contribution is 6.28. The summed E-state index contributed by atoms with van der Waals surface area (Å²) in [5.41, 5.74) is 0. The average molecular weight is 273 g/mol. The SMILES string of the molecule is CCCOc1nc(Cl)nc(NCC(CC)CC)n1. The van der Waals surface area contributed by atoms with E-state index in [9.17, 15) is 0 Å². The van der Waals surface area contributed by atoms with Crippen molar-refractivity contribution >= 4 is 17.5 Å². The third kappa shape index (κ3) is 5.04. The quantitative estimate of drug-likeness (QED) is 0.788. The summed E-state index contributed by atoms with van der Waals surface area (Å²) < 4.78 is 5.35. The number of anilines is 1. The molecule has 0 aliphatic heterocycles. The van der Waals surface area contributed by atoms with Gasteiger partial charge in [0.15, 0.2) is 0 Å². The second kappa shape index (κ2) is 8.08. The van der Waals surface area contributed by atoms with Crippen molar-refractivity contribution in [2.45, 2.75) is 40.0 Å². The Bertz CT molecular complexity index is 358. The molecular formula is C12H21ClN4O. The third-order valence-electron chi connectivity index (χ3n) is 2.73. The van der Waals surface area contributed by atoms with Crippen molar-refractivity contribution < 1.29 is 4.74 Å². The normalized spacial score (nSPS) is 10.7. The topological polar surface area (TPSA) is 59.9 Å². The third-order valence-corrected chi connectivity index (χ3v) is 2.90. The molecule has 102 valence electrons. The minimum absolute atomic E-state index is 0.156. The highest BCUT2D eigenvalue weighted by atomic mass is 35.5. The van der Waals surface area contributed by atoms with E-state index in [2.05, 4.69) is 34.1 Å². The van der Waals surface area contributed by atoms with Gasteiger partial charge in [0.05, 0.1) is 6.61 Å². The lowest BCUT2D eigenvalue weighted by Crippen LogP contribution is -2.15. The Kier molecular flexibility index (Phi) is 6.72. The van der Waals surface area contributed by atoms with Crippen molar-refractivity contribution in [1.82, 2.24) is 15.0 Å². The number of nitrogens with zero attached hydrogens (tertiary/aromatic N) is 3. The van der Waals surface area contributed by atoms with Crippen molar-refractivity contribution in [1.29, 1.82) is 0 Å². The van der Waals surface area contributed by atoms with E-state index < -0.39 is 0 Å². The maximum atomic E-state index is 5.83. The summed E-state index contributed by atoms with van der Waals surface area (Å²) in [6.07, 6.45) is 3.16. The number of hydrogen-bond acceptors (Lipinski definition) is 5. The van der Waals surface area contributed by atoms with Crippen LogP contribution >= 0.6 is 11.6 Å². The highest BCUT2D eigenvalue weighted by Crippen LogP contribution is 2.13. The zero-order valence-corrected chi connectivity index (χ0v) is 12.0. The molecule has 1 rings (SSSR count). The Labute approximate surface area is 113 Å². The average Bonchev–Trinajstić information content (AvgIpc) is 2.37. The Morgan fingerprint density at radius 1 is 1.17 bits per heavy atom. The van der Waals surface area contributed by atoms with Crippen LogP contribution < -0.4 is 10.1 Å². The van der Waals surface area contributed by atoms with Gasteiger partial charge < -0.3 is 10.1 Å². The van der Waals surface area contributed by atoms with Crippen LogP contribution in [0.4, 0.5) is 5.95 Å². The van der Waals surface area contributed by atoms with Crippen LogP contribution in [0.25, 0.3) is 0 Å². The predicted octanol–water partition coefficient (Wildman–Crippen LogP) is 3.16. The summed E-state index contributed by atoms with van der Waals surface area (Å²) in [4.78, 5) is 12.1. The van der Waals surface area contributed by atoms with E-state index in [0.717, 1.165) is 25.8 Å². The van der Waals surface area contributed by atoms with Crippen molar-refractivity contribution in [3.63, 3.8) is 0 Å². The summed E-state index contributed by atoms with van der Waals surface area (Å²) in [7, 11) is 0. The van der Waals surface area contributed by atoms with Crippen molar-refractivity contribution in [3.8, 4) is 6.01 Å². The monoisotopic (exact) mass is 272 g/mol. The molecule has 18 heavy (non-hydrogen) atoms. The van der Waals surface area contributed by atoms with Gasteiger partial charge in [-0.25, -0.2) is 0 Å². The summed E-state index contributed by atoms with van der Waals surface area (Å²) in [6, 6.07) is 0.281. The number of halogens is 1. The molecule has 0 aliphatic carbocycles. The first-order chi connectivity index (χ1) is 8.69. The fourth-order valence-electron chi connectivity index (χ4n) is 1.48. The smallest absolute Gasteiger partial charge is 0.322 e. The molecule has 0 atom stereocenters. The molecule has 0 unspecified atom stereocenters. The van der Waals surface area contributed by atoms with Gasteiger partial charge in [0.25, 0.3) is 0 Å². The first-order valence-corrected chi connectivity index (χ1v) is 6.85. The van der Waals surface area contributed by atoms with Crippen LogP contribution in [0.3, 0.4) is 0 Å². The number of hydrogen-bond donors (Lipinski definition) is 1. The van der Waals surface area contributed by atoms with E-state index in [-0.39, 0.29) is 11.3 Å². The van der Waals surface area contributed by atoms with Gasteiger partial charge in [0.2, 0.25) is 11.2 Å². The molecule has 0 fully saturated rings. The van der Waals surface area contributed by atoms with Crippen LogP contribution in [0.1, 0.15) is 40.0 Å². The second-order valence-corrected chi connectivity index (χ2v) is 4.46. The molecule has 0 saturated heterocycles. The molecule has 0 bridgehead atoms. The Morgan fingerprint density at radius 2 is 1.89 bits per heavy atom. The van der Waals surface area contributed by atoms with Gasteiger partial charge in [-0.1, -0.05) is 33.6 Å². The number of aromatic nitrogens is 3. The highest BCUT2D eigenvalue weighted by Gasteiger charge is 2.08. The van der Waals surface area contributed by atoms with Crippen molar-refractivity contribution in [2.24, 2.45) is 5.92 Å². The Hall–Kier alpha value is -1.10. The maximum absolute atomic E-state index is 5.83. The fraction of sp³-hybridized carbons (Fsp3) is 0.750. The molecule has 1 heterocycles. The van der Waals surface area contributed by atoms with Gasteiger partial charge in [-0.2, -0.15) is 15.0 Å². The molecule has 1 N–H and O–H groups in total. The minimum Gasteiger partial charge on any atom is -0.463 e. The van der Waals surface area contributed by atoms with E-state index in [4.69, 9.17) is 16.3 Å². The van der Waals surface area contributed by atoms with Crippen LogP contribution in [0.5, 0.6) is 6.01 Å². The van der Waals surface area contributed by atoms with E-state index in [1.165, 1.54) is 0 Å². The van der Waals surface area contributed by atoms with Gasteiger partial charge in [-0.3, -0.25) is 0 Å². The van der Waals surface area contributed by atoms with Crippen LogP contribution in [-0.4, -0.2) is 28.1 Å². The second-order valence-electron chi connectivity index (χ2n) is 4.12. The maximum Gasteiger partial charge on any atom is 0.322 e. The van der Waals surface area contributed by atoms with E-state index in [1.807, 2.05) is 6.92 Å². The molecule has 6 heteroatoms. The Morgan fingerprint density at radius 3 is 2.50 bits per heavy atom. The summed E-state index contributed by atoms with van der Waals surface area (Å²) >= 11 is 5.83. The minimum atomic E-state index is 0.156. The van der Waals surface area contributed by atoms with Crippen molar-refractivity contribution in [2.75, 3.05) is 18.5 Å². The van der Waals surface area contributed by atoms with E-state index in [0.29, 0.717) is 18.5 Å². The molecule has 0 amide bonds. The summed E-state index contributed by atoms with van der Waals surface area (Å²) in [5, 5.41) is 3.33. The molecule has 5 nitrogen and oxygen atoms in total. The van der Waals surface area contributed by atoms with Gasteiger partial charge in [0, 0.05) is 6.54 Å². The zero-order valence-electron chi connectivity index (χ0n) is 11.2. The number of ether oxygens (including phenoxy) is 1. The van der Waals surface area contributed by atoms with Crippen LogP contribution in [0, 0.1) is 5.92 Å². The molecule has 0 saturated carbocycles. The predicted molar refractivity (Wildman–Crippen MR) is 73.2 cm³/mol. The van der Waals surface area contributed by atoms with Gasteiger partial charge in [0.1, 0.15) is 0 Å². The zero-order chi connectivity index (χ0) is 13.4. The van der Waals surface area contributed by atoms with E-state index >= 15 is 0 Å². The van der Waals surface area contributed by atoms with Crippen molar-refractivity contribution in [3.05, 3.63) is 5.28 Å². The number of nitrogens with one attached hydrogen (secondary N) is 1. The van der Waals surface area contributed by atoms with Crippen LogP contribution in [0.15, 0.2) is 0 Å². The molecule has 0 aliphatic rings. The first kappa shape index (κ1) is 15.0. The van der Waals surface area contributed by atoms with Crippen LogP contribution in [-0.2, 0) is 0 Å². The molecule has 0 radical (unpaired) electrons. The molecule has 1 aromatic rings.